The topological polar surface area (TPSA) is 47.8 Å². The predicted molar refractivity (Wildman–Crippen MR) is 175 cm³/mol. The van der Waals surface area contributed by atoms with Crippen LogP contribution in [-0.4, -0.2) is 22.8 Å². The number of halogens is 1. The summed E-state index contributed by atoms with van der Waals surface area (Å²) in [6.45, 7) is 2.03. The van der Waals surface area contributed by atoms with Crippen LogP contribution in [0.5, 0.6) is 0 Å². The molecule has 0 amide bonds. The van der Waals surface area contributed by atoms with Gasteiger partial charge >= 0.3 is 5.97 Å². The lowest BCUT2D eigenvalue weighted by molar-refractivity contribution is 0.0531. The normalized spacial score (nSPS) is 11.6. The largest absolute Gasteiger partial charge is 0.462 e. The molecule has 0 N–H and O–H groups in total. The van der Waals surface area contributed by atoms with E-state index in [9.17, 15) is 9.59 Å². The van der Waals surface area contributed by atoms with E-state index in [-0.39, 0.29) is 12.4 Å². The number of thiophene rings is 1. The number of aromatic nitrogens is 1. The second kappa shape index (κ2) is 11.0. The summed E-state index contributed by atoms with van der Waals surface area (Å²) in [6.07, 6.45) is 1.95. The van der Waals surface area contributed by atoms with Crippen molar-refractivity contribution in [3.8, 4) is 0 Å². The van der Waals surface area contributed by atoms with Gasteiger partial charge < -0.3 is 9.14 Å². The van der Waals surface area contributed by atoms with Crippen LogP contribution >= 0.6 is 34.7 Å². The first-order valence-electron chi connectivity index (χ1n) is 13.6. The molecule has 4 nitrogen and oxygen atoms in total. The van der Waals surface area contributed by atoms with Gasteiger partial charge in [-0.2, -0.15) is 0 Å². The minimum absolute atomic E-state index is 0.148. The lowest BCUT2D eigenvalue weighted by atomic mass is 9.98. The number of ether oxygens (including phenoxy) is 1. The highest BCUT2D eigenvalue weighted by Gasteiger charge is 2.29. The zero-order valence-electron chi connectivity index (χ0n) is 22.6. The summed E-state index contributed by atoms with van der Waals surface area (Å²) in [6, 6.07) is 31.8. The van der Waals surface area contributed by atoms with Gasteiger partial charge in [-0.15, -0.1) is 23.1 Å². The second-order valence-corrected chi connectivity index (χ2v) is 12.6. The fraction of sp³-hybridized carbons (Fsp3) is 0.0857. The molecule has 42 heavy (non-hydrogen) atoms. The van der Waals surface area contributed by atoms with Crippen molar-refractivity contribution in [1.82, 2.24) is 4.40 Å². The number of thioether (sulfide) groups is 1. The van der Waals surface area contributed by atoms with Crippen molar-refractivity contribution in [3.05, 3.63) is 130 Å². The fourth-order valence-electron chi connectivity index (χ4n) is 5.62. The van der Waals surface area contributed by atoms with Gasteiger partial charge in [-0.05, 0) is 76.5 Å². The molecule has 0 radical (unpaired) electrons. The van der Waals surface area contributed by atoms with Crippen LogP contribution in [0.15, 0.2) is 107 Å². The molecule has 0 saturated heterocycles. The number of carbonyl (C=O) groups is 2. The number of hydrogen-bond donors (Lipinski definition) is 0. The number of nitrogens with zero attached hydrogens (tertiary/aromatic N) is 1. The van der Waals surface area contributed by atoms with E-state index in [0.717, 1.165) is 15.2 Å². The van der Waals surface area contributed by atoms with Gasteiger partial charge in [0.2, 0.25) is 5.78 Å². The van der Waals surface area contributed by atoms with Crippen LogP contribution in [0.2, 0.25) is 5.02 Å². The first-order valence-corrected chi connectivity index (χ1v) is 15.8. The number of fused-ring (bicyclic) bond motifs is 5. The Bertz CT molecular complexity index is 2110. The second-order valence-electron chi connectivity index (χ2n) is 9.92. The number of benzene rings is 4. The van der Waals surface area contributed by atoms with Crippen LogP contribution in [0.4, 0.5) is 0 Å². The lowest BCUT2D eigenvalue weighted by Gasteiger charge is -2.11. The maximum Gasteiger partial charge on any atom is 0.341 e. The van der Waals surface area contributed by atoms with E-state index in [2.05, 4.69) is 54.6 Å². The van der Waals surface area contributed by atoms with Crippen molar-refractivity contribution < 1.29 is 14.3 Å². The quantitative estimate of drug-likeness (QED) is 0.0785. The molecule has 3 heterocycles. The summed E-state index contributed by atoms with van der Waals surface area (Å²) in [5, 5.41) is 6.00. The van der Waals surface area contributed by atoms with Crippen LogP contribution in [0.25, 0.3) is 38.0 Å². The molecule has 0 atom stereocenters. The first kappa shape index (κ1) is 26.8. The molecule has 7 heteroatoms. The molecular formula is C35H24ClNO3S2. The molecule has 0 saturated carbocycles. The Balaban J connectivity index is 1.44. The van der Waals surface area contributed by atoms with Crippen LogP contribution in [-0.2, 0) is 10.5 Å². The molecule has 0 bridgehead atoms. The predicted octanol–water partition coefficient (Wildman–Crippen LogP) is 9.81. The van der Waals surface area contributed by atoms with Crippen LogP contribution in [0.3, 0.4) is 0 Å². The highest BCUT2D eigenvalue weighted by molar-refractivity contribution is 8.00. The minimum Gasteiger partial charge on any atom is -0.462 e. The Hall–Kier alpha value is -4.10. The number of ketones is 1. The van der Waals surface area contributed by atoms with Crippen molar-refractivity contribution in [2.75, 3.05) is 6.61 Å². The minimum atomic E-state index is -0.434. The van der Waals surface area contributed by atoms with Crippen molar-refractivity contribution in [2.45, 2.75) is 16.9 Å². The number of rotatable bonds is 7. The zero-order chi connectivity index (χ0) is 28.8. The molecule has 7 aromatic rings. The number of carbonyl (C=O) groups excluding carboxylic acids is 2. The summed E-state index contributed by atoms with van der Waals surface area (Å²) in [7, 11) is 0. The maximum absolute atomic E-state index is 14.0. The molecule has 7 rings (SSSR count). The van der Waals surface area contributed by atoms with E-state index in [0.29, 0.717) is 32.2 Å². The summed E-state index contributed by atoms with van der Waals surface area (Å²) < 4.78 is 8.49. The SMILES string of the molecule is CCOC(=O)c1c2c(C(=O)c3ccc(Cl)cc3)sc(SCc3c4ccccc4cc4ccccc34)c2n2ccccc12. The molecule has 0 spiro atoms. The zero-order valence-corrected chi connectivity index (χ0v) is 25.0. The molecule has 0 aliphatic rings. The summed E-state index contributed by atoms with van der Waals surface area (Å²) in [5.74, 6) is 0.113. The van der Waals surface area contributed by atoms with Crippen LogP contribution < -0.4 is 0 Å². The number of hydrogen-bond acceptors (Lipinski definition) is 5. The van der Waals surface area contributed by atoms with E-state index < -0.39 is 5.97 Å². The molecule has 0 aliphatic heterocycles. The molecule has 206 valence electrons. The van der Waals surface area contributed by atoms with Crippen LogP contribution in [0.1, 0.15) is 38.1 Å². The highest BCUT2D eigenvalue weighted by atomic mass is 35.5. The van der Waals surface area contributed by atoms with Crippen molar-refractivity contribution >= 4 is 84.4 Å². The van der Waals surface area contributed by atoms with Crippen molar-refractivity contribution in [3.63, 3.8) is 0 Å². The Morgan fingerprint density at radius 3 is 2.24 bits per heavy atom. The Kier molecular flexibility index (Phi) is 6.98. The third-order valence-corrected chi connectivity index (χ3v) is 10.2. The smallest absolute Gasteiger partial charge is 0.341 e. The standard InChI is InChI=1S/C35H24ClNO3S2/c1-2-40-34(39)29-28-13-7-8-18-37(28)31-30(29)33(32(38)21-14-16-24(36)17-15-21)42-35(31)41-20-27-25-11-5-3-9-22(25)19-23-10-4-6-12-26(23)27/h3-19H,2,20H2,1H3. The van der Waals surface area contributed by atoms with Crippen molar-refractivity contribution in [1.29, 1.82) is 0 Å². The third-order valence-electron chi connectivity index (χ3n) is 7.48. The van der Waals surface area contributed by atoms with E-state index in [4.69, 9.17) is 16.3 Å². The number of esters is 1. The van der Waals surface area contributed by atoms with Gasteiger partial charge in [0.05, 0.1) is 32.3 Å². The molecular weight excluding hydrogens is 582 g/mol. The van der Waals surface area contributed by atoms with Gasteiger partial charge in [0.15, 0.2) is 0 Å². The van der Waals surface area contributed by atoms with E-state index in [1.807, 2.05) is 28.8 Å². The molecule has 0 unspecified atom stereocenters. The van der Waals surface area contributed by atoms with E-state index in [1.165, 1.54) is 38.4 Å². The van der Waals surface area contributed by atoms with E-state index >= 15 is 0 Å². The monoisotopic (exact) mass is 605 g/mol. The first-order chi connectivity index (χ1) is 20.5. The highest BCUT2D eigenvalue weighted by Crippen LogP contribution is 2.45. The molecule has 0 fully saturated rings. The van der Waals surface area contributed by atoms with Crippen LogP contribution in [0, 0.1) is 0 Å². The molecule has 3 aromatic heterocycles. The van der Waals surface area contributed by atoms with Gasteiger partial charge in [-0.1, -0.05) is 66.2 Å². The summed E-state index contributed by atoms with van der Waals surface area (Å²) >= 11 is 9.25. The Morgan fingerprint density at radius 1 is 0.881 bits per heavy atom. The van der Waals surface area contributed by atoms with Gasteiger partial charge in [-0.25, -0.2) is 4.79 Å². The average Bonchev–Trinajstić information content (AvgIpc) is 3.55. The van der Waals surface area contributed by atoms with Gasteiger partial charge in [0.1, 0.15) is 0 Å². The van der Waals surface area contributed by atoms with Crippen molar-refractivity contribution in [2.24, 2.45) is 0 Å². The van der Waals surface area contributed by atoms with Gasteiger partial charge in [0, 0.05) is 27.9 Å². The third kappa shape index (κ3) is 4.47. The van der Waals surface area contributed by atoms with E-state index in [1.54, 1.807) is 43.0 Å². The molecule has 0 aliphatic carbocycles. The Labute approximate surface area is 255 Å². The van der Waals surface area contributed by atoms with Gasteiger partial charge in [-0.3, -0.25) is 4.79 Å². The maximum atomic E-state index is 14.0. The summed E-state index contributed by atoms with van der Waals surface area (Å²) in [4.78, 5) is 27.9. The number of pyridine rings is 1. The molecule has 4 aromatic carbocycles. The summed E-state index contributed by atoms with van der Waals surface area (Å²) in [5.41, 5.74) is 3.75. The average molecular weight is 606 g/mol. The lowest BCUT2D eigenvalue weighted by Crippen LogP contribution is -2.06. The Morgan fingerprint density at radius 2 is 1.55 bits per heavy atom. The van der Waals surface area contributed by atoms with Gasteiger partial charge in [0.25, 0.3) is 0 Å². The fourth-order valence-corrected chi connectivity index (χ4v) is 8.33.